The average molecular weight is 242 g/mol. The highest BCUT2D eigenvalue weighted by atomic mass is 32.3. The maximum Gasteiger partial charge on any atom is 0.454 e. The van der Waals surface area contributed by atoms with Gasteiger partial charge >= 0.3 is 10.4 Å². The lowest BCUT2D eigenvalue weighted by Gasteiger charge is -1.83. The van der Waals surface area contributed by atoms with Crippen molar-refractivity contribution in [2.45, 2.75) is 0 Å². The molecule has 0 aromatic carbocycles. The van der Waals surface area contributed by atoms with Gasteiger partial charge in [0.2, 0.25) is 0 Å². The van der Waals surface area contributed by atoms with Crippen LogP contribution in [-0.4, -0.2) is 13.0 Å². The van der Waals surface area contributed by atoms with Gasteiger partial charge in [-0.05, 0) is 29.6 Å². The van der Waals surface area contributed by atoms with E-state index in [0.29, 0.717) is 0 Å². The molecule has 1 N–H and O–H groups in total. The van der Waals surface area contributed by atoms with Crippen LogP contribution in [0.5, 0.6) is 0 Å². The van der Waals surface area contributed by atoms with E-state index in [1.807, 2.05) is 5.92 Å². The summed E-state index contributed by atoms with van der Waals surface area (Å²) in [5.41, 5.74) is 0. The number of terminal acetylenes is 1. The van der Waals surface area contributed by atoms with Crippen LogP contribution in [0.1, 0.15) is 0 Å². The molecule has 0 spiro atoms. The number of hydrogen-bond donors (Lipinski definition) is 1. The van der Waals surface area contributed by atoms with Crippen LogP contribution in [-0.2, 0) is 14.6 Å². The minimum atomic E-state index is -4.57. The molecule has 0 fully saturated rings. The third kappa shape index (κ3) is 13.1. The van der Waals surface area contributed by atoms with Gasteiger partial charge in [-0.25, -0.2) is 0 Å². The van der Waals surface area contributed by atoms with Gasteiger partial charge in [0.15, 0.2) is 0 Å². The summed E-state index contributed by atoms with van der Waals surface area (Å²) in [5, 5.41) is 0. The van der Waals surface area contributed by atoms with Crippen LogP contribution in [0.15, 0.2) is 0 Å². The lowest BCUT2D eigenvalue weighted by atomic mass is 10.5. The summed E-state index contributed by atoms with van der Waals surface area (Å²) in [7, 11) is -4.57. The molecule has 5 heteroatoms. The molecule has 0 amide bonds. The Bertz CT molecular complexity index is 724. The van der Waals surface area contributed by atoms with Gasteiger partial charge < -0.3 is 4.18 Å². The van der Waals surface area contributed by atoms with Crippen molar-refractivity contribution in [2.75, 3.05) is 0 Å². The second-order valence-electron chi connectivity index (χ2n) is 1.88. The second kappa shape index (κ2) is 8.38. The SMILES string of the molecule is C#CC#CC#CC#CC#CC#COS(=O)(=O)O. The van der Waals surface area contributed by atoms with Gasteiger partial charge in [0.1, 0.15) is 6.11 Å². The smallest absolute Gasteiger partial charge is 0.306 e. The van der Waals surface area contributed by atoms with Crippen molar-refractivity contribution in [2.24, 2.45) is 0 Å². The average Bonchev–Trinajstić information content (AvgIpc) is 2.24. The van der Waals surface area contributed by atoms with E-state index in [1.165, 1.54) is 0 Å². The summed E-state index contributed by atoms with van der Waals surface area (Å²) in [5.74, 6) is 22.3. The monoisotopic (exact) mass is 242 g/mol. The molecule has 0 saturated carbocycles. The molecule has 0 aliphatic heterocycles. The Balaban J connectivity index is 4.28. The molecular weight excluding hydrogens is 240 g/mol. The summed E-state index contributed by atoms with van der Waals surface area (Å²) in [6.07, 6.45) is 6.46. The van der Waals surface area contributed by atoms with E-state index in [2.05, 4.69) is 57.5 Å². The molecule has 0 aliphatic rings. The molecule has 0 saturated heterocycles. The fourth-order valence-electron chi connectivity index (χ4n) is 0.354. The Kier molecular flexibility index (Phi) is 6.94. The largest absolute Gasteiger partial charge is 0.454 e. The standard InChI is InChI=1S/C12H2O4S/c1-2-3-4-5-6-7-8-9-10-11-12-16-17(13,14)15/h1H,(H,13,14,15). The first-order valence-electron chi connectivity index (χ1n) is 3.68. The molecular formula is C12H2O4S. The molecule has 0 radical (unpaired) electrons. The van der Waals surface area contributed by atoms with Crippen LogP contribution in [0.3, 0.4) is 0 Å². The van der Waals surface area contributed by atoms with E-state index in [9.17, 15) is 8.42 Å². The summed E-state index contributed by atoms with van der Waals surface area (Å²) in [6, 6.07) is 0. The molecule has 0 atom stereocenters. The maximum atomic E-state index is 10.0. The molecule has 0 unspecified atom stereocenters. The van der Waals surface area contributed by atoms with Crippen molar-refractivity contribution in [1.29, 1.82) is 0 Å². The van der Waals surface area contributed by atoms with E-state index >= 15 is 0 Å². The first-order chi connectivity index (χ1) is 8.06. The summed E-state index contributed by atoms with van der Waals surface area (Å²) >= 11 is 0. The minimum absolute atomic E-state index is 1.63. The molecule has 0 rings (SSSR count). The Labute approximate surface area is 99.7 Å². The second-order valence-corrected chi connectivity index (χ2v) is 2.90. The van der Waals surface area contributed by atoms with E-state index < -0.39 is 10.4 Å². The van der Waals surface area contributed by atoms with Gasteiger partial charge in [0, 0.05) is 29.6 Å². The molecule has 0 aliphatic carbocycles. The van der Waals surface area contributed by atoms with Crippen molar-refractivity contribution in [3.8, 4) is 71.7 Å². The molecule has 17 heavy (non-hydrogen) atoms. The lowest BCUT2D eigenvalue weighted by Crippen LogP contribution is -1.97. The van der Waals surface area contributed by atoms with Crippen molar-refractivity contribution in [1.82, 2.24) is 0 Å². The zero-order valence-corrected chi connectivity index (χ0v) is 8.97. The van der Waals surface area contributed by atoms with E-state index in [1.54, 1.807) is 6.11 Å². The molecule has 0 bridgehead atoms. The first kappa shape index (κ1) is 14.1. The Morgan fingerprint density at radius 1 is 0.824 bits per heavy atom. The van der Waals surface area contributed by atoms with Gasteiger partial charge in [-0.2, -0.15) is 8.42 Å². The predicted molar refractivity (Wildman–Crippen MR) is 60.3 cm³/mol. The van der Waals surface area contributed by atoms with Crippen molar-refractivity contribution in [3.63, 3.8) is 0 Å². The molecule has 80 valence electrons. The zero-order valence-electron chi connectivity index (χ0n) is 8.16. The zero-order chi connectivity index (χ0) is 13.0. The molecule has 4 nitrogen and oxygen atoms in total. The van der Waals surface area contributed by atoms with E-state index in [0.717, 1.165) is 0 Å². The van der Waals surface area contributed by atoms with Crippen molar-refractivity contribution < 1.29 is 17.2 Å². The van der Waals surface area contributed by atoms with Gasteiger partial charge in [0.05, 0.1) is 0 Å². The highest BCUT2D eigenvalue weighted by Gasteiger charge is 1.98. The van der Waals surface area contributed by atoms with Crippen molar-refractivity contribution in [3.05, 3.63) is 0 Å². The van der Waals surface area contributed by atoms with Gasteiger partial charge in [-0.15, -0.1) is 6.42 Å². The number of hydrogen-bond acceptors (Lipinski definition) is 3. The lowest BCUT2D eigenvalue weighted by molar-refractivity contribution is 0.371. The van der Waals surface area contributed by atoms with Crippen LogP contribution in [0.2, 0.25) is 0 Å². The van der Waals surface area contributed by atoms with Crippen LogP contribution < -0.4 is 0 Å². The van der Waals surface area contributed by atoms with Crippen LogP contribution in [0.4, 0.5) is 0 Å². The summed E-state index contributed by atoms with van der Waals surface area (Å²) in [4.78, 5) is 0. The van der Waals surface area contributed by atoms with Gasteiger partial charge in [-0.1, -0.05) is 0 Å². The summed E-state index contributed by atoms with van der Waals surface area (Å²) < 4.78 is 31.7. The molecule has 0 aromatic heterocycles. The molecule has 0 aromatic rings. The number of rotatable bonds is 1. The highest BCUT2D eigenvalue weighted by molar-refractivity contribution is 7.81. The fraction of sp³-hybridized carbons (Fsp3) is 0. The van der Waals surface area contributed by atoms with E-state index in [-0.39, 0.29) is 0 Å². The molecule has 0 heterocycles. The maximum absolute atomic E-state index is 10.0. The quantitative estimate of drug-likeness (QED) is 0.493. The topological polar surface area (TPSA) is 63.6 Å². The minimum Gasteiger partial charge on any atom is -0.306 e. The van der Waals surface area contributed by atoms with Crippen LogP contribution in [0, 0.1) is 71.7 Å². The Morgan fingerprint density at radius 3 is 1.65 bits per heavy atom. The Morgan fingerprint density at radius 2 is 1.24 bits per heavy atom. The first-order valence-corrected chi connectivity index (χ1v) is 5.04. The van der Waals surface area contributed by atoms with E-state index in [4.69, 9.17) is 11.0 Å². The predicted octanol–water partition coefficient (Wildman–Crippen LogP) is -0.586. The van der Waals surface area contributed by atoms with Crippen LogP contribution in [0.25, 0.3) is 0 Å². The highest BCUT2D eigenvalue weighted by Crippen LogP contribution is 1.79. The van der Waals surface area contributed by atoms with Crippen LogP contribution >= 0.6 is 0 Å². The van der Waals surface area contributed by atoms with Gasteiger partial charge in [0.25, 0.3) is 0 Å². The summed E-state index contributed by atoms with van der Waals surface area (Å²) in [6.45, 7) is 0. The fourth-order valence-corrected chi connectivity index (χ4v) is 0.501. The van der Waals surface area contributed by atoms with Gasteiger partial charge in [-0.3, -0.25) is 4.55 Å². The normalized spacial score (nSPS) is 6.35. The third-order valence-electron chi connectivity index (χ3n) is 0.770. The third-order valence-corrected chi connectivity index (χ3v) is 1.06. The van der Waals surface area contributed by atoms with Crippen molar-refractivity contribution >= 4 is 10.4 Å². The Hall–Kier alpha value is -2.93.